The van der Waals surface area contributed by atoms with Gasteiger partial charge in [-0.3, -0.25) is 4.89 Å². The van der Waals surface area contributed by atoms with Crippen molar-refractivity contribution in [3.05, 3.63) is 0 Å². The minimum atomic E-state index is -0.433. The third-order valence-electron chi connectivity index (χ3n) is 0.201. The van der Waals surface area contributed by atoms with E-state index in [1.54, 1.807) is 0 Å². The van der Waals surface area contributed by atoms with Gasteiger partial charge >= 0.3 is 5.97 Å². The van der Waals surface area contributed by atoms with Crippen molar-refractivity contribution >= 4 is 5.97 Å². The summed E-state index contributed by atoms with van der Waals surface area (Å²) in [6.07, 6.45) is 0. The summed E-state index contributed by atoms with van der Waals surface area (Å²) in [4.78, 5) is 17.6. The molecular weight excluding hydrogens is 285 g/mol. The minimum absolute atomic E-state index is 0. The SMILES string of the molecule is COOC(C)=O.[Hg]. The smallest absolute Gasteiger partial charge is 0.299 e. The molecule has 38 valence electrons. The Morgan fingerprint density at radius 2 is 2.00 bits per heavy atom. The Kier molecular flexibility index (Phi) is 9.43. The van der Waals surface area contributed by atoms with Crippen LogP contribution in [0.3, 0.4) is 0 Å². The quantitative estimate of drug-likeness (QED) is 0.391. The van der Waals surface area contributed by atoms with Gasteiger partial charge in [-0.1, -0.05) is 0 Å². The van der Waals surface area contributed by atoms with Gasteiger partial charge in [0.15, 0.2) is 0 Å². The van der Waals surface area contributed by atoms with Gasteiger partial charge in [-0.2, -0.15) is 4.89 Å². The first-order chi connectivity index (χ1) is 2.77. The molecule has 4 heteroatoms. The average Bonchev–Trinajstić information content (AvgIpc) is 1.35. The number of carbonyl (C=O) groups excluding carboxylic acids is 1. The van der Waals surface area contributed by atoms with Crippen LogP contribution in [0.15, 0.2) is 0 Å². The van der Waals surface area contributed by atoms with Crippen LogP contribution in [0, 0.1) is 0 Å². The Hall–Kier alpha value is 0.365. The molecule has 0 rings (SSSR count). The van der Waals surface area contributed by atoms with Crippen LogP contribution in [0.1, 0.15) is 6.92 Å². The molecule has 0 spiro atoms. The van der Waals surface area contributed by atoms with Crippen molar-refractivity contribution in [2.45, 2.75) is 6.92 Å². The molecular formula is C3H6HgO3. The van der Waals surface area contributed by atoms with Gasteiger partial charge in [0.2, 0.25) is 0 Å². The van der Waals surface area contributed by atoms with E-state index in [1.807, 2.05) is 0 Å². The summed E-state index contributed by atoms with van der Waals surface area (Å²) in [6, 6.07) is 0. The van der Waals surface area contributed by atoms with Gasteiger partial charge in [0.25, 0.3) is 0 Å². The second kappa shape index (κ2) is 6.37. The molecule has 7 heavy (non-hydrogen) atoms. The van der Waals surface area contributed by atoms with Crippen molar-refractivity contribution in [2.75, 3.05) is 7.11 Å². The average molecular weight is 291 g/mol. The van der Waals surface area contributed by atoms with Gasteiger partial charge < -0.3 is 0 Å². The van der Waals surface area contributed by atoms with Gasteiger partial charge in [-0.25, -0.2) is 4.79 Å². The molecule has 0 N–H and O–H groups in total. The molecule has 3 nitrogen and oxygen atoms in total. The van der Waals surface area contributed by atoms with Crippen LogP contribution in [0.4, 0.5) is 0 Å². The fraction of sp³-hybridized carbons (Fsp3) is 0.667. The summed E-state index contributed by atoms with van der Waals surface area (Å²) in [6.45, 7) is 1.27. The molecule has 0 unspecified atom stereocenters. The Morgan fingerprint density at radius 1 is 1.57 bits per heavy atom. The third kappa shape index (κ3) is 10.7. The van der Waals surface area contributed by atoms with Gasteiger partial charge in [0.05, 0.1) is 7.11 Å². The summed E-state index contributed by atoms with van der Waals surface area (Å²) in [5.74, 6) is -0.433. The van der Waals surface area contributed by atoms with E-state index in [9.17, 15) is 4.79 Å². The Balaban J connectivity index is 0. The zero-order chi connectivity index (χ0) is 4.99. The van der Waals surface area contributed by atoms with Crippen LogP contribution in [-0.2, 0) is 42.2 Å². The molecule has 0 saturated heterocycles. The standard InChI is InChI=1S/C3H6O3.Hg/c1-3(4)6-5-2;/h1-2H3;. The Labute approximate surface area is 62.4 Å². The maximum absolute atomic E-state index is 9.70. The van der Waals surface area contributed by atoms with Crippen LogP contribution < -0.4 is 0 Å². The van der Waals surface area contributed by atoms with Crippen molar-refractivity contribution in [3.63, 3.8) is 0 Å². The van der Waals surface area contributed by atoms with E-state index in [0.29, 0.717) is 0 Å². The molecule has 0 amide bonds. The van der Waals surface area contributed by atoms with E-state index in [0.717, 1.165) is 0 Å². The molecule has 0 bridgehead atoms. The number of carbonyl (C=O) groups is 1. The fourth-order valence-electron chi connectivity index (χ4n) is 0.117. The van der Waals surface area contributed by atoms with E-state index in [4.69, 9.17) is 0 Å². The molecule has 0 aliphatic heterocycles. The van der Waals surface area contributed by atoms with Crippen LogP contribution in [0.25, 0.3) is 0 Å². The predicted octanol–water partition coefficient (Wildman–Crippen LogP) is 0.108. The Bertz CT molecular complexity index is 54.1. The Morgan fingerprint density at radius 3 is 2.00 bits per heavy atom. The summed E-state index contributed by atoms with van der Waals surface area (Å²) < 4.78 is 0. The third-order valence-corrected chi connectivity index (χ3v) is 0.201. The molecule has 0 aromatic carbocycles. The first-order valence-electron chi connectivity index (χ1n) is 1.48. The van der Waals surface area contributed by atoms with E-state index in [1.165, 1.54) is 14.0 Å². The molecule has 0 saturated carbocycles. The zero-order valence-corrected chi connectivity index (χ0v) is 9.93. The molecule has 0 heterocycles. The number of hydrogen-bond acceptors (Lipinski definition) is 3. The molecule has 0 aliphatic carbocycles. The topological polar surface area (TPSA) is 35.5 Å². The van der Waals surface area contributed by atoms with Gasteiger partial charge in [-0.15, -0.1) is 0 Å². The fourth-order valence-corrected chi connectivity index (χ4v) is 0.117. The predicted molar refractivity (Wildman–Crippen MR) is 18.8 cm³/mol. The van der Waals surface area contributed by atoms with E-state index >= 15 is 0 Å². The van der Waals surface area contributed by atoms with E-state index in [2.05, 4.69) is 9.78 Å². The van der Waals surface area contributed by atoms with Gasteiger partial charge in [0.1, 0.15) is 0 Å². The maximum atomic E-state index is 9.70. The van der Waals surface area contributed by atoms with E-state index < -0.39 is 5.97 Å². The van der Waals surface area contributed by atoms with Crippen LogP contribution >= 0.6 is 0 Å². The second-order valence-electron chi connectivity index (χ2n) is 0.742. The summed E-state index contributed by atoms with van der Waals surface area (Å²) in [7, 11) is 1.28. The second-order valence-corrected chi connectivity index (χ2v) is 0.742. The number of hydrogen-bond donors (Lipinski definition) is 0. The van der Waals surface area contributed by atoms with Crippen molar-refractivity contribution in [3.8, 4) is 0 Å². The van der Waals surface area contributed by atoms with Crippen molar-refractivity contribution in [1.82, 2.24) is 0 Å². The monoisotopic (exact) mass is 292 g/mol. The molecule has 0 aliphatic rings. The van der Waals surface area contributed by atoms with E-state index in [-0.39, 0.29) is 27.7 Å². The van der Waals surface area contributed by atoms with Crippen molar-refractivity contribution in [2.24, 2.45) is 0 Å². The zero-order valence-electron chi connectivity index (χ0n) is 4.43. The summed E-state index contributed by atoms with van der Waals surface area (Å²) in [5.41, 5.74) is 0. The summed E-state index contributed by atoms with van der Waals surface area (Å²) >= 11 is 0. The molecule has 0 aromatic heterocycles. The molecule has 0 fully saturated rings. The van der Waals surface area contributed by atoms with Crippen LogP contribution in [-0.4, -0.2) is 13.1 Å². The van der Waals surface area contributed by atoms with Gasteiger partial charge in [0, 0.05) is 34.6 Å². The van der Waals surface area contributed by atoms with Crippen molar-refractivity contribution < 1.29 is 42.2 Å². The first kappa shape index (κ1) is 10.4. The van der Waals surface area contributed by atoms with Crippen LogP contribution in [0.5, 0.6) is 0 Å². The minimum Gasteiger partial charge on any atom is -0.299 e. The largest absolute Gasteiger partial charge is 0.339 e. The number of rotatable bonds is 1. The normalized spacial score (nSPS) is 6.57. The molecule has 0 aromatic rings. The molecule has 0 atom stereocenters. The summed E-state index contributed by atoms with van der Waals surface area (Å²) in [5, 5.41) is 0. The first-order valence-corrected chi connectivity index (χ1v) is 1.48. The van der Waals surface area contributed by atoms with Crippen molar-refractivity contribution in [1.29, 1.82) is 0 Å². The maximum Gasteiger partial charge on any atom is 0.339 e. The molecule has 0 radical (unpaired) electrons. The van der Waals surface area contributed by atoms with Gasteiger partial charge in [-0.05, 0) is 0 Å². The van der Waals surface area contributed by atoms with Crippen LogP contribution in [0.2, 0.25) is 0 Å².